The summed E-state index contributed by atoms with van der Waals surface area (Å²) in [4.78, 5) is 2.79. The van der Waals surface area contributed by atoms with E-state index in [0.29, 0.717) is 0 Å². The molecular formula is C14H21N3S. The van der Waals surface area contributed by atoms with Gasteiger partial charge in [0.2, 0.25) is 0 Å². The molecule has 2 N–H and O–H groups in total. The van der Waals surface area contributed by atoms with E-state index in [0.717, 1.165) is 23.6 Å². The summed E-state index contributed by atoms with van der Waals surface area (Å²) in [7, 11) is 0. The van der Waals surface area contributed by atoms with Crippen molar-refractivity contribution in [2.24, 2.45) is 0 Å². The standard InChI is InChI=1S/C14H21N3S/c1-9-13(10(2)17-16-9)15-8-11-6-7-12(18-11)14(3,4)5/h6-7,15H,8H2,1-5H3,(H,16,17). The third kappa shape index (κ3) is 2.75. The molecule has 0 radical (unpaired) electrons. The fourth-order valence-corrected chi connectivity index (χ4v) is 2.87. The molecule has 4 heteroatoms. The lowest BCUT2D eigenvalue weighted by atomic mass is 9.95. The molecule has 0 bridgehead atoms. The third-order valence-corrected chi connectivity index (χ3v) is 4.48. The minimum atomic E-state index is 0.240. The van der Waals surface area contributed by atoms with Gasteiger partial charge in [0, 0.05) is 16.3 Å². The maximum absolute atomic E-state index is 4.19. The Labute approximate surface area is 113 Å². The van der Waals surface area contributed by atoms with Gasteiger partial charge < -0.3 is 5.32 Å². The van der Waals surface area contributed by atoms with E-state index in [1.807, 2.05) is 25.2 Å². The zero-order valence-electron chi connectivity index (χ0n) is 11.7. The predicted molar refractivity (Wildman–Crippen MR) is 78.4 cm³/mol. The number of aryl methyl sites for hydroxylation is 2. The Morgan fingerprint density at radius 1 is 1.28 bits per heavy atom. The van der Waals surface area contributed by atoms with Crippen LogP contribution in [0.1, 0.15) is 41.9 Å². The summed E-state index contributed by atoms with van der Waals surface area (Å²) in [6.07, 6.45) is 0. The van der Waals surface area contributed by atoms with Crippen molar-refractivity contribution in [3.63, 3.8) is 0 Å². The summed E-state index contributed by atoms with van der Waals surface area (Å²) in [6.45, 7) is 11.7. The molecule has 98 valence electrons. The lowest BCUT2D eigenvalue weighted by Crippen LogP contribution is -2.07. The highest BCUT2D eigenvalue weighted by Crippen LogP contribution is 2.30. The molecule has 3 nitrogen and oxygen atoms in total. The molecule has 2 rings (SSSR count). The first kappa shape index (κ1) is 13.1. The number of hydrogen-bond donors (Lipinski definition) is 2. The van der Waals surface area contributed by atoms with E-state index in [-0.39, 0.29) is 5.41 Å². The van der Waals surface area contributed by atoms with Crippen LogP contribution in [0.3, 0.4) is 0 Å². The normalized spacial score (nSPS) is 11.8. The van der Waals surface area contributed by atoms with Gasteiger partial charge >= 0.3 is 0 Å². The minimum Gasteiger partial charge on any atom is -0.377 e. The van der Waals surface area contributed by atoms with Crippen LogP contribution in [0, 0.1) is 13.8 Å². The van der Waals surface area contributed by atoms with E-state index < -0.39 is 0 Å². The molecule has 0 spiro atoms. The van der Waals surface area contributed by atoms with Crippen LogP contribution >= 0.6 is 11.3 Å². The molecule has 0 saturated heterocycles. The first-order valence-electron chi connectivity index (χ1n) is 6.22. The first-order valence-corrected chi connectivity index (χ1v) is 7.04. The SMILES string of the molecule is Cc1n[nH]c(C)c1NCc1ccc(C(C)(C)C)s1. The van der Waals surface area contributed by atoms with E-state index in [1.54, 1.807) is 0 Å². The molecule has 0 aromatic carbocycles. The third-order valence-electron chi connectivity index (χ3n) is 2.97. The lowest BCUT2D eigenvalue weighted by Gasteiger charge is -2.15. The van der Waals surface area contributed by atoms with Gasteiger partial charge in [0.25, 0.3) is 0 Å². The Morgan fingerprint density at radius 2 is 2.00 bits per heavy atom. The van der Waals surface area contributed by atoms with E-state index >= 15 is 0 Å². The Hall–Kier alpha value is -1.29. The van der Waals surface area contributed by atoms with Gasteiger partial charge in [0.05, 0.1) is 17.1 Å². The number of thiophene rings is 1. The molecule has 18 heavy (non-hydrogen) atoms. The summed E-state index contributed by atoms with van der Waals surface area (Å²) in [6, 6.07) is 4.44. The molecule has 2 aromatic rings. The van der Waals surface area contributed by atoms with Crippen LogP contribution in [0.4, 0.5) is 5.69 Å². The fraction of sp³-hybridized carbons (Fsp3) is 0.500. The van der Waals surface area contributed by atoms with E-state index in [1.165, 1.54) is 9.75 Å². The first-order chi connectivity index (χ1) is 8.38. The van der Waals surface area contributed by atoms with Crippen LogP contribution in [0.15, 0.2) is 12.1 Å². The molecule has 0 atom stereocenters. The molecule has 2 aromatic heterocycles. The van der Waals surface area contributed by atoms with Crippen molar-refractivity contribution in [1.82, 2.24) is 10.2 Å². The van der Waals surface area contributed by atoms with Crippen LogP contribution in [-0.2, 0) is 12.0 Å². The molecule has 0 fully saturated rings. The Balaban J connectivity index is 2.05. The van der Waals surface area contributed by atoms with Crippen molar-refractivity contribution in [2.45, 2.75) is 46.6 Å². The van der Waals surface area contributed by atoms with Crippen molar-refractivity contribution >= 4 is 17.0 Å². The van der Waals surface area contributed by atoms with Crippen LogP contribution in [0.25, 0.3) is 0 Å². The van der Waals surface area contributed by atoms with Gasteiger partial charge in [-0.2, -0.15) is 5.10 Å². The molecule has 2 heterocycles. The summed E-state index contributed by atoms with van der Waals surface area (Å²) in [5, 5.41) is 10.6. The number of aromatic amines is 1. The number of aromatic nitrogens is 2. The predicted octanol–water partition coefficient (Wildman–Crippen LogP) is 4.00. The molecule has 0 aliphatic heterocycles. The second-order valence-corrected chi connectivity index (χ2v) is 6.85. The average molecular weight is 263 g/mol. The van der Waals surface area contributed by atoms with Crippen molar-refractivity contribution < 1.29 is 0 Å². The van der Waals surface area contributed by atoms with Crippen molar-refractivity contribution in [2.75, 3.05) is 5.32 Å². The Kier molecular flexibility index (Phi) is 3.48. The number of nitrogens with zero attached hydrogens (tertiary/aromatic N) is 1. The summed E-state index contributed by atoms with van der Waals surface area (Å²) >= 11 is 1.88. The van der Waals surface area contributed by atoms with Crippen LogP contribution in [-0.4, -0.2) is 10.2 Å². The van der Waals surface area contributed by atoms with Gasteiger partial charge in [0.15, 0.2) is 0 Å². The monoisotopic (exact) mass is 263 g/mol. The smallest absolute Gasteiger partial charge is 0.0825 e. The highest BCUT2D eigenvalue weighted by molar-refractivity contribution is 7.12. The number of hydrogen-bond acceptors (Lipinski definition) is 3. The van der Waals surface area contributed by atoms with Gasteiger partial charge in [0.1, 0.15) is 0 Å². The summed E-state index contributed by atoms with van der Waals surface area (Å²) < 4.78 is 0. The molecular weight excluding hydrogens is 242 g/mol. The zero-order chi connectivity index (χ0) is 13.3. The van der Waals surface area contributed by atoms with Gasteiger partial charge in [-0.05, 0) is 31.4 Å². The summed E-state index contributed by atoms with van der Waals surface area (Å²) in [5.74, 6) is 0. The Morgan fingerprint density at radius 3 is 2.50 bits per heavy atom. The quantitative estimate of drug-likeness (QED) is 0.879. The van der Waals surface area contributed by atoms with Crippen molar-refractivity contribution in [3.05, 3.63) is 33.3 Å². The van der Waals surface area contributed by atoms with Crippen LogP contribution in [0.5, 0.6) is 0 Å². The molecule has 0 aliphatic rings. The second kappa shape index (κ2) is 4.76. The highest BCUT2D eigenvalue weighted by Gasteiger charge is 2.16. The lowest BCUT2D eigenvalue weighted by molar-refractivity contribution is 0.604. The van der Waals surface area contributed by atoms with Crippen LogP contribution < -0.4 is 5.32 Å². The molecule has 0 amide bonds. The maximum Gasteiger partial charge on any atom is 0.0825 e. The van der Waals surface area contributed by atoms with Gasteiger partial charge in [-0.25, -0.2) is 0 Å². The van der Waals surface area contributed by atoms with Gasteiger partial charge in [-0.3, -0.25) is 5.10 Å². The largest absolute Gasteiger partial charge is 0.377 e. The number of nitrogens with one attached hydrogen (secondary N) is 2. The van der Waals surface area contributed by atoms with E-state index in [2.05, 4.69) is 48.4 Å². The van der Waals surface area contributed by atoms with Gasteiger partial charge in [-0.1, -0.05) is 20.8 Å². The van der Waals surface area contributed by atoms with Crippen molar-refractivity contribution in [1.29, 1.82) is 0 Å². The van der Waals surface area contributed by atoms with E-state index in [9.17, 15) is 0 Å². The minimum absolute atomic E-state index is 0.240. The Bertz CT molecular complexity index is 512. The highest BCUT2D eigenvalue weighted by atomic mass is 32.1. The van der Waals surface area contributed by atoms with E-state index in [4.69, 9.17) is 0 Å². The number of anilines is 1. The topological polar surface area (TPSA) is 40.7 Å². The number of H-pyrrole nitrogens is 1. The van der Waals surface area contributed by atoms with Crippen molar-refractivity contribution in [3.8, 4) is 0 Å². The fourth-order valence-electron chi connectivity index (χ4n) is 1.86. The zero-order valence-corrected chi connectivity index (χ0v) is 12.5. The molecule has 0 unspecified atom stereocenters. The number of rotatable bonds is 3. The van der Waals surface area contributed by atoms with Crippen LogP contribution in [0.2, 0.25) is 0 Å². The molecule has 0 saturated carbocycles. The average Bonchev–Trinajstić information content (AvgIpc) is 2.84. The van der Waals surface area contributed by atoms with Gasteiger partial charge in [-0.15, -0.1) is 11.3 Å². The summed E-state index contributed by atoms with van der Waals surface area (Å²) in [5.41, 5.74) is 3.49. The second-order valence-electron chi connectivity index (χ2n) is 5.68. The molecule has 0 aliphatic carbocycles. The maximum atomic E-state index is 4.19.